The standard InChI is InChI=1S/C23H24N6O3/c1-28-12-11-25-22(28)20(15-7-6-10-17(13-15)32-2)26-23(31)18-14-19(21(24)30)29(27-18)16-8-4-3-5-9-16/h3-13,19-20H,14H2,1-2H3,(H2,24,30)(H,26,31). The lowest BCUT2D eigenvalue weighted by Crippen LogP contribution is -2.40. The molecule has 2 unspecified atom stereocenters. The zero-order valence-corrected chi connectivity index (χ0v) is 17.8. The third-order valence-corrected chi connectivity index (χ3v) is 5.34. The number of carbonyl (C=O) groups excluding carboxylic acids is 2. The number of carbonyl (C=O) groups is 2. The molecule has 2 atom stereocenters. The third-order valence-electron chi connectivity index (χ3n) is 5.34. The Morgan fingerprint density at radius 1 is 1.19 bits per heavy atom. The number of para-hydroxylation sites is 1. The van der Waals surface area contributed by atoms with Crippen molar-refractivity contribution in [2.24, 2.45) is 17.9 Å². The third kappa shape index (κ3) is 4.18. The number of hydrogen-bond acceptors (Lipinski definition) is 6. The van der Waals surface area contributed by atoms with Gasteiger partial charge in [0.05, 0.1) is 12.8 Å². The molecule has 1 aliphatic heterocycles. The molecule has 0 saturated carbocycles. The van der Waals surface area contributed by atoms with Crippen molar-refractivity contribution >= 4 is 23.2 Å². The molecular formula is C23H24N6O3. The minimum atomic E-state index is -0.735. The number of benzene rings is 2. The SMILES string of the molecule is COc1cccc(C(NC(=O)C2=NN(c3ccccc3)C(C(N)=O)C2)c2nccn2C)c1. The van der Waals surface area contributed by atoms with E-state index in [-0.39, 0.29) is 12.1 Å². The van der Waals surface area contributed by atoms with Gasteiger partial charge in [-0.3, -0.25) is 14.6 Å². The van der Waals surface area contributed by atoms with Crippen molar-refractivity contribution in [2.75, 3.05) is 12.1 Å². The summed E-state index contributed by atoms with van der Waals surface area (Å²) in [5.74, 6) is 0.370. The topological polar surface area (TPSA) is 115 Å². The molecule has 0 bridgehead atoms. The largest absolute Gasteiger partial charge is 0.497 e. The fourth-order valence-corrected chi connectivity index (χ4v) is 3.68. The number of methoxy groups -OCH3 is 1. The molecule has 1 aliphatic rings. The molecule has 32 heavy (non-hydrogen) atoms. The van der Waals surface area contributed by atoms with E-state index in [1.165, 1.54) is 5.01 Å². The van der Waals surface area contributed by atoms with Crippen molar-refractivity contribution in [1.82, 2.24) is 14.9 Å². The summed E-state index contributed by atoms with van der Waals surface area (Å²) in [6.07, 6.45) is 3.59. The Labute approximate surface area is 185 Å². The van der Waals surface area contributed by atoms with Gasteiger partial charge in [0, 0.05) is 25.9 Å². The van der Waals surface area contributed by atoms with Gasteiger partial charge in [-0.15, -0.1) is 0 Å². The van der Waals surface area contributed by atoms with E-state index in [2.05, 4.69) is 15.4 Å². The van der Waals surface area contributed by atoms with Crippen LogP contribution in [-0.4, -0.2) is 40.2 Å². The maximum atomic E-state index is 13.2. The van der Waals surface area contributed by atoms with E-state index in [9.17, 15) is 9.59 Å². The molecule has 4 rings (SSSR count). The molecule has 0 aliphatic carbocycles. The van der Waals surface area contributed by atoms with Crippen molar-refractivity contribution in [1.29, 1.82) is 0 Å². The van der Waals surface area contributed by atoms with Crippen molar-refractivity contribution in [3.63, 3.8) is 0 Å². The van der Waals surface area contributed by atoms with Crippen LogP contribution in [0.25, 0.3) is 0 Å². The zero-order chi connectivity index (χ0) is 22.7. The lowest BCUT2D eigenvalue weighted by Gasteiger charge is -2.20. The predicted molar refractivity (Wildman–Crippen MR) is 120 cm³/mol. The summed E-state index contributed by atoms with van der Waals surface area (Å²) in [5.41, 5.74) is 7.31. The Kier molecular flexibility index (Phi) is 5.89. The van der Waals surface area contributed by atoms with Crippen LogP contribution in [0.4, 0.5) is 5.69 Å². The number of nitrogens with two attached hydrogens (primary N) is 1. The second-order valence-electron chi connectivity index (χ2n) is 7.43. The Balaban J connectivity index is 1.65. The highest BCUT2D eigenvalue weighted by Crippen LogP contribution is 2.27. The van der Waals surface area contributed by atoms with Crippen molar-refractivity contribution in [3.05, 3.63) is 78.4 Å². The Bertz CT molecular complexity index is 1160. The van der Waals surface area contributed by atoms with Crippen LogP contribution < -0.4 is 20.8 Å². The molecule has 1 aromatic heterocycles. The highest BCUT2D eigenvalue weighted by Gasteiger charge is 2.36. The number of primary amides is 1. The van der Waals surface area contributed by atoms with E-state index in [4.69, 9.17) is 10.5 Å². The first kappa shape index (κ1) is 21.1. The van der Waals surface area contributed by atoms with E-state index in [0.29, 0.717) is 17.3 Å². The van der Waals surface area contributed by atoms with Gasteiger partial charge in [0.25, 0.3) is 5.91 Å². The molecule has 3 aromatic rings. The van der Waals surface area contributed by atoms with Gasteiger partial charge in [0.1, 0.15) is 29.4 Å². The van der Waals surface area contributed by atoms with Gasteiger partial charge < -0.3 is 20.4 Å². The molecule has 0 fully saturated rings. The molecular weight excluding hydrogens is 408 g/mol. The van der Waals surface area contributed by atoms with Crippen molar-refractivity contribution < 1.29 is 14.3 Å². The first-order valence-corrected chi connectivity index (χ1v) is 10.1. The molecule has 0 radical (unpaired) electrons. The maximum absolute atomic E-state index is 13.2. The molecule has 2 aromatic carbocycles. The highest BCUT2D eigenvalue weighted by atomic mass is 16.5. The van der Waals surface area contributed by atoms with Gasteiger partial charge in [0.2, 0.25) is 5.91 Å². The van der Waals surface area contributed by atoms with E-state index >= 15 is 0 Å². The van der Waals surface area contributed by atoms with Gasteiger partial charge in [0.15, 0.2) is 0 Å². The molecule has 2 heterocycles. The molecule has 0 spiro atoms. The molecule has 3 N–H and O–H groups in total. The van der Waals surface area contributed by atoms with E-state index in [1.54, 1.807) is 13.3 Å². The number of anilines is 1. The minimum absolute atomic E-state index is 0.113. The second-order valence-corrected chi connectivity index (χ2v) is 7.43. The zero-order valence-electron chi connectivity index (χ0n) is 17.8. The van der Waals surface area contributed by atoms with Crippen molar-refractivity contribution in [2.45, 2.75) is 18.5 Å². The van der Waals surface area contributed by atoms with Gasteiger partial charge in [-0.05, 0) is 29.8 Å². The number of hydrogen-bond donors (Lipinski definition) is 2. The summed E-state index contributed by atoms with van der Waals surface area (Å²) in [5, 5.41) is 8.94. The van der Waals surface area contributed by atoms with Gasteiger partial charge >= 0.3 is 0 Å². The Morgan fingerprint density at radius 3 is 2.62 bits per heavy atom. The second kappa shape index (κ2) is 8.93. The number of amides is 2. The average Bonchev–Trinajstić information content (AvgIpc) is 3.45. The predicted octanol–water partition coefficient (Wildman–Crippen LogP) is 1.75. The van der Waals surface area contributed by atoms with Crippen LogP contribution in [0.15, 0.2) is 72.1 Å². The fourth-order valence-electron chi connectivity index (χ4n) is 3.68. The van der Waals surface area contributed by atoms with Gasteiger partial charge in [-0.2, -0.15) is 5.10 Å². The molecule has 9 nitrogen and oxygen atoms in total. The average molecular weight is 432 g/mol. The number of hydrazone groups is 1. The van der Waals surface area contributed by atoms with E-state index in [1.807, 2.05) is 72.4 Å². The molecule has 0 saturated heterocycles. The van der Waals surface area contributed by atoms with Crippen LogP contribution in [0.1, 0.15) is 23.9 Å². The maximum Gasteiger partial charge on any atom is 0.268 e. The summed E-state index contributed by atoms with van der Waals surface area (Å²) in [6, 6.07) is 15.3. The summed E-state index contributed by atoms with van der Waals surface area (Å²) in [7, 11) is 3.44. The summed E-state index contributed by atoms with van der Waals surface area (Å²) < 4.78 is 7.18. The number of rotatable bonds is 7. The summed E-state index contributed by atoms with van der Waals surface area (Å²) in [4.78, 5) is 29.7. The van der Waals surface area contributed by atoms with Crippen LogP contribution in [0.2, 0.25) is 0 Å². The summed E-state index contributed by atoms with van der Waals surface area (Å²) in [6.45, 7) is 0. The number of ether oxygens (including phenoxy) is 1. The van der Waals surface area contributed by atoms with Crippen LogP contribution in [0, 0.1) is 0 Å². The van der Waals surface area contributed by atoms with Crippen LogP contribution in [0.5, 0.6) is 5.75 Å². The van der Waals surface area contributed by atoms with Crippen LogP contribution in [-0.2, 0) is 16.6 Å². The summed E-state index contributed by atoms with van der Waals surface area (Å²) >= 11 is 0. The van der Waals surface area contributed by atoms with Crippen LogP contribution >= 0.6 is 0 Å². The molecule has 2 amide bonds. The normalized spacial score (nSPS) is 16.4. The van der Waals surface area contributed by atoms with E-state index < -0.39 is 23.9 Å². The number of aromatic nitrogens is 2. The number of imidazole rings is 1. The van der Waals surface area contributed by atoms with Gasteiger partial charge in [-0.1, -0.05) is 30.3 Å². The Morgan fingerprint density at radius 2 is 1.97 bits per heavy atom. The molecule has 9 heteroatoms. The van der Waals surface area contributed by atoms with E-state index in [0.717, 1.165) is 5.56 Å². The van der Waals surface area contributed by atoms with Crippen LogP contribution in [0.3, 0.4) is 0 Å². The number of nitrogens with one attached hydrogen (secondary N) is 1. The first-order valence-electron chi connectivity index (χ1n) is 10.1. The molecule has 164 valence electrons. The quantitative estimate of drug-likeness (QED) is 0.590. The van der Waals surface area contributed by atoms with Gasteiger partial charge in [-0.25, -0.2) is 4.98 Å². The lowest BCUT2D eigenvalue weighted by atomic mass is 10.0. The van der Waals surface area contributed by atoms with Crippen molar-refractivity contribution in [3.8, 4) is 5.75 Å². The number of nitrogens with zero attached hydrogens (tertiary/aromatic N) is 4. The Hall–Kier alpha value is -4.14. The lowest BCUT2D eigenvalue weighted by molar-refractivity contribution is -0.119. The smallest absolute Gasteiger partial charge is 0.268 e. The fraction of sp³-hybridized carbons (Fsp3) is 0.217. The minimum Gasteiger partial charge on any atom is -0.497 e. The highest BCUT2D eigenvalue weighted by molar-refractivity contribution is 6.40. The monoisotopic (exact) mass is 432 g/mol. The number of aryl methyl sites for hydroxylation is 1. The first-order chi connectivity index (χ1) is 15.5.